The summed E-state index contributed by atoms with van der Waals surface area (Å²) in [6.45, 7) is 2.81. The number of amides is 2. The van der Waals surface area contributed by atoms with Gasteiger partial charge in [-0.2, -0.15) is 0 Å². The van der Waals surface area contributed by atoms with E-state index in [-0.39, 0.29) is 29.2 Å². The van der Waals surface area contributed by atoms with Crippen LogP contribution in [0.1, 0.15) is 30.2 Å². The monoisotopic (exact) mass is 352 g/mol. The van der Waals surface area contributed by atoms with Gasteiger partial charge in [-0.05, 0) is 31.0 Å². The molecule has 21 heavy (non-hydrogen) atoms. The molecule has 0 saturated carbocycles. The van der Waals surface area contributed by atoms with Crippen molar-refractivity contribution < 1.29 is 14.3 Å². The molecule has 2 aliphatic rings. The van der Waals surface area contributed by atoms with E-state index in [4.69, 9.17) is 4.74 Å². The molecule has 0 radical (unpaired) electrons. The fourth-order valence-electron chi connectivity index (χ4n) is 2.81. The number of carbonyl (C=O) groups excluding carboxylic acids is 2. The van der Waals surface area contributed by atoms with Gasteiger partial charge in [0.2, 0.25) is 11.8 Å². The molecule has 0 bridgehead atoms. The molecule has 3 rings (SSSR count). The third kappa shape index (κ3) is 3.11. The average Bonchev–Trinajstić information content (AvgIpc) is 2.79. The molecule has 3 unspecified atom stereocenters. The highest BCUT2D eigenvalue weighted by Gasteiger charge is 2.29. The quantitative estimate of drug-likeness (QED) is 0.635. The van der Waals surface area contributed by atoms with Crippen molar-refractivity contribution >= 4 is 39.1 Å². The number of halogens is 1. The lowest BCUT2D eigenvalue weighted by Gasteiger charge is -2.18. The first-order valence-corrected chi connectivity index (χ1v) is 7.94. The van der Waals surface area contributed by atoms with Crippen LogP contribution in [0.15, 0.2) is 18.2 Å². The van der Waals surface area contributed by atoms with Gasteiger partial charge in [-0.25, -0.2) is 0 Å². The van der Waals surface area contributed by atoms with Crippen LogP contribution in [0.3, 0.4) is 0 Å². The third-order valence-corrected chi connectivity index (χ3v) is 5.15. The topological polar surface area (TPSA) is 67.4 Å². The van der Waals surface area contributed by atoms with Crippen molar-refractivity contribution in [3.05, 3.63) is 23.8 Å². The zero-order chi connectivity index (χ0) is 15.0. The number of anilines is 2. The van der Waals surface area contributed by atoms with Gasteiger partial charge >= 0.3 is 0 Å². The number of carbonyl (C=O) groups is 2. The number of alkyl halides is 1. The molecule has 5 nitrogen and oxygen atoms in total. The molecule has 2 heterocycles. The predicted octanol–water partition coefficient (Wildman–Crippen LogP) is 2.83. The molecule has 112 valence electrons. The molecule has 3 atom stereocenters. The van der Waals surface area contributed by atoms with Crippen LogP contribution in [0.5, 0.6) is 0 Å². The van der Waals surface area contributed by atoms with Crippen LogP contribution in [-0.2, 0) is 14.3 Å². The van der Waals surface area contributed by atoms with E-state index in [0.29, 0.717) is 17.3 Å². The third-order valence-electron chi connectivity index (χ3n) is 3.87. The van der Waals surface area contributed by atoms with Crippen molar-refractivity contribution in [3.63, 3.8) is 0 Å². The van der Waals surface area contributed by atoms with Gasteiger partial charge in [0.25, 0.3) is 0 Å². The minimum atomic E-state index is -0.285. The van der Waals surface area contributed by atoms with E-state index in [1.54, 1.807) is 0 Å². The molecule has 1 aromatic rings. The fraction of sp³-hybridized carbons (Fsp3) is 0.467. The second-order valence-electron chi connectivity index (χ2n) is 5.62. The summed E-state index contributed by atoms with van der Waals surface area (Å²) in [7, 11) is 0. The van der Waals surface area contributed by atoms with Gasteiger partial charge in [-0.1, -0.05) is 22.0 Å². The molecule has 0 aliphatic carbocycles. The highest BCUT2D eigenvalue weighted by molar-refractivity contribution is 9.09. The average molecular weight is 353 g/mol. The lowest BCUT2D eigenvalue weighted by Crippen LogP contribution is -2.16. The molecule has 2 aliphatic heterocycles. The van der Waals surface area contributed by atoms with Crippen LogP contribution in [0.2, 0.25) is 0 Å². The Kier molecular flexibility index (Phi) is 3.99. The first-order valence-electron chi connectivity index (χ1n) is 7.02. The number of hydrogen-bond acceptors (Lipinski definition) is 3. The van der Waals surface area contributed by atoms with Crippen molar-refractivity contribution in [2.24, 2.45) is 5.92 Å². The summed E-state index contributed by atoms with van der Waals surface area (Å²) in [5.41, 5.74) is 2.37. The SMILES string of the molecule is CC1CC(C(Br)c2ccc3c(c2)NC(=O)CC(=O)N3)CO1. The summed E-state index contributed by atoms with van der Waals surface area (Å²) in [5.74, 6) is -0.158. The second kappa shape index (κ2) is 5.77. The fourth-order valence-corrected chi connectivity index (χ4v) is 3.46. The maximum atomic E-state index is 11.6. The van der Waals surface area contributed by atoms with Crippen molar-refractivity contribution in [2.45, 2.75) is 30.7 Å². The van der Waals surface area contributed by atoms with Gasteiger partial charge in [-0.15, -0.1) is 0 Å². The highest BCUT2D eigenvalue weighted by Crippen LogP contribution is 2.40. The van der Waals surface area contributed by atoms with Gasteiger partial charge < -0.3 is 15.4 Å². The van der Waals surface area contributed by atoms with Gasteiger partial charge in [0.05, 0.1) is 24.1 Å². The van der Waals surface area contributed by atoms with Gasteiger partial charge in [0.15, 0.2) is 0 Å². The van der Waals surface area contributed by atoms with Gasteiger partial charge in [-0.3, -0.25) is 9.59 Å². The molecule has 1 fully saturated rings. The Morgan fingerprint density at radius 2 is 1.95 bits per heavy atom. The number of benzene rings is 1. The van der Waals surface area contributed by atoms with Crippen LogP contribution in [0.25, 0.3) is 0 Å². The van der Waals surface area contributed by atoms with Crippen molar-refractivity contribution in [2.75, 3.05) is 17.2 Å². The summed E-state index contributed by atoms with van der Waals surface area (Å²) in [5, 5.41) is 5.51. The largest absolute Gasteiger partial charge is 0.378 e. The summed E-state index contributed by atoms with van der Waals surface area (Å²) in [6.07, 6.45) is 1.15. The maximum absolute atomic E-state index is 11.6. The van der Waals surface area contributed by atoms with Gasteiger partial charge in [0.1, 0.15) is 6.42 Å². The Labute approximate surface area is 131 Å². The van der Waals surface area contributed by atoms with Gasteiger partial charge in [0, 0.05) is 10.7 Å². The van der Waals surface area contributed by atoms with E-state index in [1.807, 2.05) is 18.2 Å². The Hall–Kier alpha value is -1.40. The smallest absolute Gasteiger partial charge is 0.233 e. The van der Waals surface area contributed by atoms with E-state index in [9.17, 15) is 9.59 Å². The van der Waals surface area contributed by atoms with Crippen LogP contribution in [0.4, 0.5) is 11.4 Å². The van der Waals surface area contributed by atoms with E-state index in [1.165, 1.54) is 0 Å². The normalized spacial score (nSPS) is 26.6. The molecule has 1 saturated heterocycles. The number of ether oxygens (including phenoxy) is 1. The lowest BCUT2D eigenvalue weighted by molar-refractivity contribution is -0.123. The molecular weight excluding hydrogens is 336 g/mol. The van der Waals surface area contributed by atoms with Crippen LogP contribution < -0.4 is 10.6 Å². The molecule has 2 amide bonds. The van der Waals surface area contributed by atoms with E-state index in [0.717, 1.165) is 18.6 Å². The Balaban J connectivity index is 1.85. The summed E-state index contributed by atoms with van der Waals surface area (Å²) < 4.78 is 5.62. The Bertz CT molecular complexity index is 590. The number of hydrogen-bond donors (Lipinski definition) is 2. The summed E-state index contributed by atoms with van der Waals surface area (Å²) >= 11 is 3.73. The minimum Gasteiger partial charge on any atom is -0.378 e. The molecular formula is C15H17BrN2O3. The first kappa shape index (κ1) is 14.5. The second-order valence-corrected chi connectivity index (χ2v) is 6.61. The Morgan fingerprint density at radius 3 is 2.62 bits per heavy atom. The minimum absolute atomic E-state index is 0.143. The zero-order valence-corrected chi connectivity index (χ0v) is 13.3. The van der Waals surface area contributed by atoms with E-state index >= 15 is 0 Å². The summed E-state index contributed by atoms with van der Waals surface area (Å²) in [4.78, 5) is 23.3. The van der Waals surface area contributed by atoms with E-state index < -0.39 is 0 Å². The molecule has 0 spiro atoms. The number of nitrogens with one attached hydrogen (secondary N) is 2. The van der Waals surface area contributed by atoms with Crippen molar-refractivity contribution in [1.82, 2.24) is 0 Å². The molecule has 6 heteroatoms. The first-order chi connectivity index (χ1) is 10.0. The summed E-state index contributed by atoms with van der Waals surface area (Å²) in [6, 6.07) is 5.72. The Morgan fingerprint density at radius 1 is 1.24 bits per heavy atom. The predicted molar refractivity (Wildman–Crippen MR) is 83.5 cm³/mol. The number of fused-ring (bicyclic) bond motifs is 1. The van der Waals surface area contributed by atoms with Crippen molar-refractivity contribution in [3.8, 4) is 0 Å². The standard InChI is InChI=1S/C15H17BrN2O3/c1-8-4-10(7-21-8)15(16)9-2-3-11-12(5-9)18-14(20)6-13(19)17-11/h2-3,5,8,10,15H,4,6-7H2,1H3,(H,17,19)(H,18,20). The molecule has 2 N–H and O–H groups in total. The molecule has 1 aromatic carbocycles. The highest BCUT2D eigenvalue weighted by atomic mass is 79.9. The number of rotatable bonds is 2. The maximum Gasteiger partial charge on any atom is 0.233 e. The lowest BCUT2D eigenvalue weighted by atomic mass is 9.96. The molecule has 0 aromatic heterocycles. The zero-order valence-electron chi connectivity index (χ0n) is 11.7. The van der Waals surface area contributed by atoms with Crippen LogP contribution in [-0.4, -0.2) is 24.5 Å². The van der Waals surface area contributed by atoms with Crippen molar-refractivity contribution in [1.29, 1.82) is 0 Å². The van der Waals surface area contributed by atoms with Crippen LogP contribution in [0, 0.1) is 5.92 Å². The van der Waals surface area contributed by atoms with Crippen LogP contribution >= 0.6 is 15.9 Å². The van der Waals surface area contributed by atoms with E-state index in [2.05, 4.69) is 33.5 Å².